The Balaban J connectivity index is 1.27. The van der Waals surface area contributed by atoms with Crippen LogP contribution in [0.3, 0.4) is 0 Å². The molecule has 1 aliphatic heterocycles. The summed E-state index contributed by atoms with van der Waals surface area (Å²) in [6.07, 6.45) is 4.25. The Morgan fingerprint density at radius 3 is 2.64 bits per heavy atom. The van der Waals surface area contributed by atoms with Crippen LogP contribution in [0.1, 0.15) is 17.1 Å². The lowest BCUT2D eigenvalue weighted by molar-refractivity contribution is -0.133. The van der Waals surface area contributed by atoms with Gasteiger partial charge in [-0.05, 0) is 6.92 Å². The van der Waals surface area contributed by atoms with Crippen LogP contribution in [0.2, 0.25) is 0 Å². The van der Waals surface area contributed by atoms with E-state index in [1.54, 1.807) is 17.5 Å². The largest absolute Gasteiger partial charge is 0.340 e. The van der Waals surface area contributed by atoms with E-state index >= 15 is 0 Å². The Kier molecular flexibility index (Phi) is 5.83. The van der Waals surface area contributed by atoms with Crippen LogP contribution >= 0.6 is 11.3 Å². The van der Waals surface area contributed by atoms with Crippen LogP contribution in [-0.2, 0) is 17.9 Å². The van der Waals surface area contributed by atoms with Crippen molar-refractivity contribution in [2.24, 2.45) is 0 Å². The van der Waals surface area contributed by atoms with Gasteiger partial charge in [0.1, 0.15) is 5.82 Å². The zero-order valence-corrected chi connectivity index (χ0v) is 16.9. The van der Waals surface area contributed by atoms with Gasteiger partial charge in [-0.1, -0.05) is 30.3 Å². The lowest BCUT2D eigenvalue weighted by atomic mass is 10.2. The van der Waals surface area contributed by atoms with Gasteiger partial charge in [0.05, 0.1) is 10.7 Å². The monoisotopic (exact) mass is 395 g/mol. The van der Waals surface area contributed by atoms with Crippen molar-refractivity contribution in [2.45, 2.75) is 26.4 Å². The predicted octanol–water partition coefficient (Wildman–Crippen LogP) is 3.05. The normalized spacial score (nSPS) is 15.1. The maximum Gasteiger partial charge on any atom is 0.224 e. The number of thiazole rings is 1. The molecule has 1 fully saturated rings. The lowest BCUT2D eigenvalue weighted by Crippen LogP contribution is -2.48. The Morgan fingerprint density at radius 1 is 1.14 bits per heavy atom. The molecule has 1 aromatic carbocycles. The number of aromatic nitrogens is 3. The highest BCUT2D eigenvalue weighted by Gasteiger charge is 2.21. The summed E-state index contributed by atoms with van der Waals surface area (Å²) < 4.78 is 2.06. The zero-order valence-electron chi connectivity index (χ0n) is 16.1. The number of carbonyl (C=O) groups is 1. The fourth-order valence-corrected chi connectivity index (χ4v) is 4.18. The first kappa shape index (κ1) is 18.8. The summed E-state index contributed by atoms with van der Waals surface area (Å²) in [6.45, 7) is 6.96. The minimum absolute atomic E-state index is 0.219. The fraction of sp³-hybridized carbons (Fsp3) is 0.381. The van der Waals surface area contributed by atoms with E-state index in [1.165, 1.54) is 0 Å². The Hall–Kier alpha value is -2.51. The molecule has 0 bridgehead atoms. The van der Waals surface area contributed by atoms with E-state index in [0.29, 0.717) is 13.0 Å². The molecule has 1 saturated heterocycles. The van der Waals surface area contributed by atoms with E-state index in [2.05, 4.69) is 24.8 Å². The first-order chi connectivity index (χ1) is 13.7. The summed E-state index contributed by atoms with van der Waals surface area (Å²) in [5.74, 6) is 1.13. The Morgan fingerprint density at radius 2 is 1.93 bits per heavy atom. The number of piperazine rings is 1. The van der Waals surface area contributed by atoms with E-state index in [9.17, 15) is 4.79 Å². The number of hydrogen-bond donors (Lipinski definition) is 0. The van der Waals surface area contributed by atoms with Crippen LogP contribution in [0.5, 0.6) is 0 Å². The molecular weight excluding hydrogens is 370 g/mol. The smallest absolute Gasteiger partial charge is 0.224 e. The molecule has 1 aliphatic rings. The maximum absolute atomic E-state index is 12.7. The topological polar surface area (TPSA) is 54.3 Å². The third-order valence-corrected chi connectivity index (χ3v) is 5.91. The number of benzene rings is 1. The van der Waals surface area contributed by atoms with Crippen molar-refractivity contribution in [3.05, 3.63) is 58.8 Å². The van der Waals surface area contributed by atoms with E-state index in [4.69, 9.17) is 0 Å². The van der Waals surface area contributed by atoms with Crippen LogP contribution < -0.4 is 0 Å². The Labute approximate surface area is 169 Å². The number of carbonyl (C=O) groups excluding carboxylic acids is 1. The highest BCUT2D eigenvalue weighted by atomic mass is 32.1. The number of nitrogens with zero attached hydrogens (tertiary/aromatic N) is 5. The molecule has 0 saturated carbocycles. The third kappa shape index (κ3) is 4.48. The molecule has 0 spiro atoms. The standard InChI is InChI=1S/C21H25N5OS/c1-17-23-19(16-28-17)15-24-11-13-25(14-12-24)20(27)7-9-26-10-8-22-21(26)18-5-3-2-4-6-18/h2-6,8,10,16H,7,9,11-15H2,1H3. The van der Waals surface area contributed by atoms with Crippen LogP contribution in [0.25, 0.3) is 11.4 Å². The molecule has 1 amide bonds. The van der Waals surface area contributed by atoms with Gasteiger partial charge in [0.25, 0.3) is 0 Å². The fourth-order valence-electron chi connectivity index (χ4n) is 3.58. The van der Waals surface area contributed by atoms with Gasteiger partial charge < -0.3 is 9.47 Å². The Bertz CT molecular complexity index is 912. The number of hydrogen-bond acceptors (Lipinski definition) is 5. The molecule has 7 heteroatoms. The van der Waals surface area contributed by atoms with Crippen LogP contribution in [0.4, 0.5) is 0 Å². The highest BCUT2D eigenvalue weighted by Crippen LogP contribution is 2.17. The summed E-state index contributed by atoms with van der Waals surface area (Å²) in [7, 11) is 0. The summed E-state index contributed by atoms with van der Waals surface area (Å²) in [5, 5.41) is 3.24. The van der Waals surface area contributed by atoms with Gasteiger partial charge in [0, 0.05) is 69.0 Å². The summed E-state index contributed by atoms with van der Waals surface area (Å²) in [6, 6.07) is 10.1. The first-order valence-corrected chi connectivity index (χ1v) is 10.5. The minimum Gasteiger partial charge on any atom is -0.340 e. The molecule has 0 unspecified atom stereocenters. The number of rotatable bonds is 6. The second-order valence-electron chi connectivity index (χ2n) is 7.08. The summed E-state index contributed by atoms with van der Waals surface area (Å²) in [4.78, 5) is 26.0. The molecular formula is C21H25N5OS. The van der Waals surface area contributed by atoms with Crippen molar-refractivity contribution < 1.29 is 4.79 Å². The maximum atomic E-state index is 12.7. The van der Waals surface area contributed by atoms with Gasteiger partial charge >= 0.3 is 0 Å². The van der Waals surface area contributed by atoms with E-state index in [0.717, 1.165) is 54.8 Å². The van der Waals surface area contributed by atoms with Gasteiger partial charge in [-0.2, -0.15) is 0 Å². The third-order valence-electron chi connectivity index (χ3n) is 5.09. The number of imidazole rings is 1. The molecule has 3 aromatic rings. The van der Waals surface area contributed by atoms with Gasteiger partial charge in [-0.3, -0.25) is 9.69 Å². The van der Waals surface area contributed by atoms with Crippen molar-refractivity contribution >= 4 is 17.2 Å². The molecule has 0 atom stereocenters. The highest BCUT2D eigenvalue weighted by molar-refractivity contribution is 7.09. The average molecular weight is 396 g/mol. The van der Waals surface area contributed by atoms with Crippen LogP contribution in [0.15, 0.2) is 48.1 Å². The SMILES string of the molecule is Cc1nc(CN2CCN(C(=O)CCn3ccnc3-c3ccccc3)CC2)cs1. The lowest BCUT2D eigenvalue weighted by Gasteiger charge is -2.34. The molecule has 0 N–H and O–H groups in total. The molecule has 0 radical (unpaired) electrons. The van der Waals surface area contributed by atoms with E-state index in [1.807, 2.05) is 48.4 Å². The van der Waals surface area contributed by atoms with Crippen molar-refractivity contribution in [3.8, 4) is 11.4 Å². The summed E-state index contributed by atoms with van der Waals surface area (Å²) in [5.41, 5.74) is 2.21. The van der Waals surface area contributed by atoms with Gasteiger partial charge in [0.2, 0.25) is 5.91 Å². The molecule has 2 aromatic heterocycles. The molecule has 4 rings (SSSR count). The van der Waals surface area contributed by atoms with Gasteiger partial charge in [0.15, 0.2) is 0 Å². The van der Waals surface area contributed by atoms with Crippen molar-refractivity contribution in [2.75, 3.05) is 26.2 Å². The molecule has 3 heterocycles. The summed E-state index contributed by atoms with van der Waals surface area (Å²) >= 11 is 1.69. The van der Waals surface area contributed by atoms with E-state index < -0.39 is 0 Å². The number of aryl methyl sites for hydroxylation is 2. The predicted molar refractivity (Wildman–Crippen MR) is 111 cm³/mol. The zero-order chi connectivity index (χ0) is 19.3. The van der Waals surface area contributed by atoms with Crippen LogP contribution in [0, 0.1) is 6.92 Å². The molecule has 146 valence electrons. The molecule has 6 nitrogen and oxygen atoms in total. The average Bonchev–Trinajstić information content (AvgIpc) is 3.36. The van der Waals surface area contributed by atoms with Crippen LogP contribution in [-0.4, -0.2) is 56.4 Å². The number of amides is 1. The first-order valence-electron chi connectivity index (χ1n) is 9.67. The van der Waals surface area contributed by atoms with Crippen molar-refractivity contribution in [1.29, 1.82) is 0 Å². The van der Waals surface area contributed by atoms with Crippen molar-refractivity contribution in [1.82, 2.24) is 24.3 Å². The minimum atomic E-state index is 0.219. The molecule has 28 heavy (non-hydrogen) atoms. The quantitative estimate of drug-likeness (QED) is 0.644. The van der Waals surface area contributed by atoms with Crippen molar-refractivity contribution in [3.63, 3.8) is 0 Å². The molecule has 0 aliphatic carbocycles. The van der Waals surface area contributed by atoms with E-state index in [-0.39, 0.29) is 5.91 Å². The van der Waals surface area contributed by atoms with Gasteiger partial charge in [-0.25, -0.2) is 9.97 Å². The second kappa shape index (κ2) is 8.67. The van der Waals surface area contributed by atoms with Gasteiger partial charge in [-0.15, -0.1) is 11.3 Å². The second-order valence-corrected chi connectivity index (χ2v) is 8.14.